The molecule has 1 aliphatic carbocycles. The van der Waals surface area contributed by atoms with Crippen LogP contribution in [0.5, 0.6) is 5.75 Å². The van der Waals surface area contributed by atoms with Crippen LogP contribution in [0.1, 0.15) is 12.0 Å². The average Bonchev–Trinajstić information content (AvgIpc) is 2.47. The first-order valence-corrected chi connectivity index (χ1v) is 6.38. The number of fused-ring (bicyclic) bond motifs is 3. The Kier molecular flexibility index (Phi) is 2.35. The fourth-order valence-corrected chi connectivity index (χ4v) is 2.44. The van der Waals surface area contributed by atoms with Crippen LogP contribution in [0, 0.1) is 5.82 Å². The van der Waals surface area contributed by atoms with Crippen LogP contribution in [-0.2, 0) is 11.2 Å². The third-order valence-electron chi connectivity index (χ3n) is 3.43. The fraction of sp³-hybridized carbons (Fsp3) is 0.133. The molecule has 0 amide bonds. The van der Waals surface area contributed by atoms with Gasteiger partial charge in [0.25, 0.3) is 0 Å². The molecule has 1 aromatic rings. The van der Waals surface area contributed by atoms with Crippen LogP contribution in [0.2, 0.25) is 0 Å². The van der Waals surface area contributed by atoms with E-state index in [-0.39, 0.29) is 28.9 Å². The van der Waals surface area contributed by atoms with Crippen molar-refractivity contribution >= 4 is 17.1 Å². The van der Waals surface area contributed by atoms with E-state index in [0.717, 1.165) is 0 Å². The van der Waals surface area contributed by atoms with Crippen LogP contribution < -0.4 is 10.2 Å². The van der Waals surface area contributed by atoms with Gasteiger partial charge in [-0.3, -0.25) is 9.59 Å². The summed E-state index contributed by atoms with van der Waals surface area (Å²) in [7, 11) is 0. The summed E-state index contributed by atoms with van der Waals surface area (Å²) in [5.74, 6) is -1.16. The molecule has 4 rings (SSSR count). The van der Waals surface area contributed by atoms with E-state index in [1.165, 1.54) is 18.2 Å². The highest BCUT2D eigenvalue weighted by Gasteiger charge is 2.25. The summed E-state index contributed by atoms with van der Waals surface area (Å²) in [6.45, 7) is 0. The molecule has 104 valence electrons. The van der Waals surface area contributed by atoms with Crippen molar-refractivity contribution in [2.75, 3.05) is 0 Å². The van der Waals surface area contributed by atoms with Crippen LogP contribution in [0.4, 0.5) is 4.39 Å². The number of aryl methyl sites for hydroxylation is 1. The molecular formula is C15H8FNO4. The smallest absolute Gasteiger partial charge is 0.311 e. The molecule has 0 unspecified atom stereocenters. The molecule has 0 aromatic heterocycles. The summed E-state index contributed by atoms with van der Waals surface area (Å²) >= 11 is 0. The lowest BCUT2D eigenvalue weighted by Crippen LogP contribution is -2.17. The first kappa shape index (κ1) is 12.0. The molecule has 0 N–H and O–H groups in total. The van der Waals surface area contributed by atoms with Crippen molar-refractivity contribution in [2.45, 2.75) is 12.8 Å². The molecule has 0 saturated heterocycles. The first-order valence-electron chi connectivity index (χ1n) is 6.38. The van der Waals surface area contributed by atoms with Crippen molar-refractivity contribution in [3.05, 3.63) is 45.9 Å². The molecular weight excluding hydrogens is 277 g/mol. The Morgan fingerprint density at radius 2 is 2.00 bits per heavy atom. The Balaban J connectivity index is 2.08. The first-order chi connectivity index (χ1) is 10.1. The molecule has 2 aliphatic heterocycles. The second-order valence-corrected chi connectivity index (χ2v) is 4.84. The Labute approximate surface area is 117 Å². The molecule has 0 atom stereocenters. The van der Waals surface area contributed by atoms with E-state index in [1.54, 1.807) is 6.07 Å². The van der Waals surface area contributed by atoms with Crippen LogP contribution in [0.15, 0.2) is 33.5 Å². The second kappa shape index (κ2) is 4.12. The molecule has 0 saturated carbocycles. The Hall–Kier alpha value is -2.76. The minimum atomic E-state index is -0.763. The quantitative estimate of drug-likeness (QED) is 0.360. The normalized spacial score (nSPS) is 14.2. The number of benzene rings is 2. The monoisotopic (exact) mass is 285 g/mol. The third-order valence-corrected chi connectivity index (χ3v) is 3.43. The predicted molar refractivity (Wildman–Crippen MR) is 70.8 cm³/mol. The summed E-state index contributed by atoms with van der Waals surface area (Å²) in [5, 5.41) is 0. The lowest BCUT2D eigenvalue weighted by Gasteiger charge is -2.17. The third kappa shape index (κ3) is 1.79. The van der Waals surface area contributed by atoms with Crippen molar-refractivity contribution in [1.82, 2.24) is 4.98 Å². The summed E-state index contributed by atoms with van der Waals surface area (Å²) in [4.78, 5) is 26.9. The van der Waals surface area contributed by atoms with Gasteiger partial charge in [0.1, 0.15) is 11.2 Å². The van der Waals surface area contributed by atoms with Crippen molar-refractivity contribution in [1.29, 1.82) is 0 Å². The van der Waals surface area contributed by atoms with Gasteiger partial charge in [-0.05, 0) is 24.6 Å². The van der Waals surface area contributed by atoms with E-state index in [9.17, 15) is 14.0 Å². The standard InChI is InChI=1S/C15H8FNO4/c16-13-14-7(1-4-12(19)21-14)5-10-15(13)20-11-6-8(18)2-3-9(11)17-10/h2-3,5-6H,1,4H2. The van der Waals surface area contributed by atoms with Crippen molar-refractivity contribution in [3.8, 4) is 17.2 Å². The van der Waals surface area contributed by atoms with Gasteiger partial charge in [-0.25, -0.2) is 4.98 Å². The van der Waals surface area contributed by atoms with Gasteiger partial charge in [-0.1, -0.05) is 0 Å². The van der Waals surface area contributed by atoms with Gasteiger partial charge < -0.3 is 9.15 Å². The number of carbonyl (C=O) groups excluding carboxylic acids is 1. The molecule has 5 nitrogen and oxygen atoms in total. The number of hydrogen-bond acceptors (Lipinski definition) is 5. The summed E-state index contributed by atoms with van der Waals surface area (Å²) < 4.78 is 24.8. The maximum absolute atomic E-state index is 14.5. The SMILES string of the molecule is O=C1CCc2cc3nc4ccc(=O)cc-4oc3c(F)c2O1. The maximum Gasteiger partial charge on any atom is 0.311 e. The van der Waals surface area contributed by atoms with E-state index in [2.05, 4.69) is 4.98 Å². The van der Waals surface area contributed by atoms with Crippen LogP contribution in [0.3, 0.4) is 0 Å². The van der Waals surface area contributed by atoms with E-state index in [1.807, 2.05) is 0 Å². The highest BCUT2D eigenvalue weighted by Crippen LogP contribution is 2.35. The minimum Gasteiger partial charge on any atom is -0.449 e. The molecule has 0 radical (unpaired) electrons. The number of esters is 1. The van der Waals surface area contributed by atoms with Gasteiger partial charge in [0, 0.05) is 11.6 Å². The number of rotatable bonds is 0. The second-order valence-electron chi connectivity index (χ2n) is 4.84. The van der Waals surface area contributed by atoms with Crippen LogP contribution in [0.25, 0.3) is 22.6 Å². The van der Waals surface area contributed by atoms with Crippen molar-refractivity contribution in [3.63, 3.8) is 0 Å². The van der Waals surface area contributed by atoms with Gasteiger partial charge in [0.2, 0.25) is 5.82 Å². The topological polar surface area (TPSA) is 69.4 Å². The molecule has 0 fully saturated rings. The van der Waals surface area contributed by atoms with E-state index >= 15 is 0 Å². The molecule has 0 bridgehead atoms. The molecule has 0 spiro atoms. The van der Waals surface area contributed by atoms with E-state index in [0.29, 0.717) is 23.2 Å². The van der Waals surface area contributed by atoms with Crippen LogP contribution >= 0.6 is 0 Å². The number of nitrogens with zero attached hydrogens (tertiary/aromatic N) is 1. The van der Waals surface area contributed by atoms with Crippen molar-refractivity contribution < 1.29 is 18.3 Å². The number of hydrogen-bond donors (Lipinski definition) is 0. The number of halogens is 1. The maximum atomic E-state index is 14.5. The molecule has 6 heteroatoms. The zero-order valence-corrected chi connectivity index (χ0v) is 10.7. The van der Waals surface area contributed by atoms with Crippen molar-refractivity contribution in [2.24, 2.45) is 0 Å². The largest absolute Gasteiger partial charge is 0.449 e. The number of carbonyl (C=O) groups is 1. The minimum absolute atomic E-state index is 0.109. The molecule has 21 heavy (non-hydrogen) atoms. The average molecular weight is 285 g/mol. The Morgan fingerprint density at radius 3 is 2.86 bits per heavy atom. The Bertz CT molecular complexity index is 931. The number of aromatic nitrogens is 1. The zero-order chi connectivity index (χ0) is 14.6. The van der Waals surface area contributed by atoms with Gasteiger partial charge in [-0.2, -0.15) is 4.39 Å². The van der Waals surface area contributed by atoms with Gasteiger partial charge in [0.15, 0.2) is 22.5 Å². The zero-order valence-electron chi connectivity index (χ0n) is 10.7. The molecule has 3 aliphatic rings. The van der Waals surface area contributed by atoms with E-state index < -0.39 is 11.8 Å². The van der Waals surface area contributed by atoms with Gasteiger partial charge in [0.05, 0.1) is 6.42 Å². The highest BCUT2D eigenvalue weighted by molar-refractivity contribution is 5.83. The van der Waals surface area contributed by atoms with Crippen LogP contribution in [-0.4, -0.2) is 11.0 Å². The summed E-state index contributed by atoms with van der Waals surface area (Å²) in [6, 6.07) is 5.78. The molecule has 1 aromatic carbocycles. The highest BCUT2D eigenvalue weighted by atomic mass is 19.1. The number of ether oxygens (including phenoxy) is 1. The van der Waals surface area contributed by atoms with Gasteiger partial charge in [-0.15, -0.1) is 0 Å². The predicted octanol–water partition coefficient (Wildman–Crippen LogP) is 2.28. The van der Waals surface area contributed by atoms with E-state index in [4.69, 9.17) is 9.15 Å². The lowest BCUT2D eigenvalue weighted by molar-refractivity contribution is -0.135. The summed E-state index contributed by atoms with van der Waals surface area (Å²) in [6.07, 6.45) is 0.614. The molecule has 2 heterocycles. The fourth-order valence-electron chi connectivity index (χ4n) is 2.44. The van der Waals surface area contributed by atoms with Gasteiger partial charge >= 0.3 is 5.97 Å². The summed E-state index contributed by atoms with van der Waals surface area (Å²) in [5.41, 5.74) is 1.01. The lowest BCUT2D eigenvalue weighted by atomic mass is 10.0. The Morgan fingerprint density at radius 1 is 1.14 bits per heavy atom.